The molecule has 3 amide bonds. The molecule has 0 radical (unpaired) electrons. The van der Waals surface area contributed by atoms with Crippen LogP contribution >= 0.6 is 11.8 Å². The Morgan fingerprint density at radius 2 is 1.35 bits per heavy atom. The van der Waals surface area contributed by atoms with E-state index in [0.29, 0.717) is 41.7 Å². The molecule has 0 aromatic heterocycles. The average molecular weight is 660 g/mol. The molecule has 1 heterocycles. The smallest absolute Gasteiger partial charge is 0.272 e. The molecule has 1 aliphatic heterocycles. The van der Waals surface area contributed by atoms with Crippen molar-refractivity contribution in [3.63, 3.8) is 0 Å². The number of carbonyl (C=O) groups is 3. The first-order valence-corrected chi connectivity index (χ1v) is 16.0. The van der Waals surface area contributed by atoms with Crippen LogP contribution in [-0.2, 0) is 9.59 Å². The van der Waals surface area contributed by atoms with Crippen molar-refractivity contribution in [1.82, 2.24) is 5.32 Å². The lowest BCUT2D eigenvalue weighted by atomic mass is 10.1. The van der Waals surface area contributed by atoms with Gasteiger partial charge in [-0.3, -0.25) is 14.4 Å². The topological polar surface area (TPSA) is 106 Å². The van der Waals surface area contributed by atoms with Crippen LogP contribution in [0.4, 0.5) is 15.8 Å². The lowest BCUT2D eigenvalue weighted by Gasteiger charge is -2.20. The van der Waals surface area contributed by atoms with E-state index in [2.05, 4.69) is 16.0 Å². The standard InChI is InChI=1S/C38H30FN3O5S/c39-31-14-8-7-13-27(31)23-32(42-36(43)26-11-5-2-6-12-26)37(44)40-28-15-18-30(19-16-28)48-35(25-9-3-1-4-10-25)38(45)41-29-17-20-33-34(24-29)47-22-21-46-33/h1-20,23-24,35H,21-22H2,(H,40,44)(H,41,45)(H,42,43)/b32-23-. The average Bonchev–Trinajstić information content (AvgIpc) is 3.12. The second-order valence-electron chi connectivity index (χ2n) is 10.6. The zero-order valence-corrected chi connectivity index (χ0v) is 26.3. The number of anilines is 2. The molecule has 1 unspecified atom stereocenters. The number of thioether (sulfide) groups is 1. The number of benzene rings is 5. The molecule has 8 nitrogen and oxygen atoms in total. The monoisotopic (exact) mass is 659 g/mol. The Balaban J connectivity index is 1.18. The SMILES string of the molecule is O=C(Nc1ccc(SC(C(=O)Nc2ccc3c(c2)OCCO3)c2ccccc2)cc1)/C(=C/c1ccccc1F)NC(=O)c1ccccc1. The normalized spacial score (nSPS) is 12.8. The summed E-state index contributed by atoms with van der Waals surface area (Å²) < 4.78 is 25.7. The fraction of sp³-hybridized carbons (Fsp3) is 0.0789. The molecule has 240 valence electrons. The van der Waals surface area contributed by atoms with Crippen LogP contribution in [0.3, 0.4) is 0 Å². The maximum atomic E-state index is 14.5. The maximum Gasteiger partial charge on any atom is 0.272 e. The van der Waals surface area contributed by atoms with Gasteiger partial charge in [0.25, 0.3) is 11.8 Å². The minimum atomic E-state index is -0.635. The Bertz CT molecular complexity index is 1950. The van der Waals surface area contributed by atoms with Gasteiger partial charge in [0.2, 0.25) is 5.91 Å². The van der Waals surface area contributed by atoms with Gasteiger partial charge in [0.15, 0.2) is 11.5 Å². The van der Waals surface area contributed by atoms with Gasteiger partial charge in [0, 0.05) is 33.5 Å². The maximum absolute atomic E-state index is 14.5. The van der Waals surface area contributed by atoms with Crippen molar-refractivity contribution in [3.8, 4) is 11.5 Å². The lowest BCUT2D eigenvalue weighted by Crippen LogP contribution is -2.30. The summed E-state index contributed by atoms with van der Waals surface area (Å²) in [4.78, 5) is 40.7. The van der Waals surface area contributed by atoms with E-state index < -0.39 is 22.9 Å². The van der Waals surface area contributed by atoms with Crippen LogP contribution in [-0.4, -0.2) is 30.9 Å². The van der Waals surface area contributed by atoms with Crippen molar-refractivity contribution in [1.29, 1.82) is 0 Å². The highest BCUT2D eigenvalue weighted by molar-refractivity contribution is 8.00. The second-order valence-corrected chi connectivity index (χ2v) is 11.8. The number of carbonyl (C=O) groups excluding carboxylic acids is 3. The minimum absolute atomic E-state index is 0.132. The van der Waals surface area contributed by atoms with Crippen LogP contribution in [0, 0.1) is 5.82 Å². The van der Waals surface area contributed by atoms with E-state index in [-0.39, 0.29) is 17.2 Å². The largest absolute Gasteiger partial charge is 0.486 e. The number of halogens is 1. The molecule has 3 N–H and O–H groups in total. The number of rotatable bonds is 10. The van der Waals surface area contributed by atoms with E-state index in [0.717, 1.165) is 10.5 Å². The highest BCUT2D eigenvalue weighted by Crippen LogP contribution is 2.38. The zero-order valence-electron chi connectivity index (χ0n) is 25.5. The number of hydrogen-bond acceptors (Lipinski definition) is 6. The molecule has 0 fully saturated rings. The Morgan fingerprint density at radius 1 is 0.708 bits per heavy atom. The summed E-state index contributed by atoms with van der Waals surface area (Å²) in [5.41, 5.74) is 2.19. The summed E-state index contributed by atoms with van der Waals surface area (Å²) in [5, 5.41) is 7.79. The molecule has 0 spiro atoms. The van der Waals surface area contributed by atoms with Crippen LogP contribution in [0.15, 0.2) is 138 Å². The number of amides is 3. The molecular formula is C38H30FN3O5S. The van der Waals surface area contributed by atoms with E-state index >= 15 is 0 Å². The summed E-state index contributed by atoms with van der Waals surface area (Å²) in [7, 11) is 0. The van der Waals surface area contributed by atoms with Gasteiger partial charge in [-0.15, -0.1) is 11.8 Å². The quantitative estimate of drug-likeness (QED) is 0.106. The van der Waals surface area contributed by atoms with E-state index in [4.69, 9.17) is 9.47 Å². The zero-order chi connectivity index (χ0) is 33.3. The molecule has 1 aliphatic rings. The highest BCUT2D eigenvalue weighted by Gasteiger charge is 2.23. The second kappa shape index (κ2) is 15.1. The summed E-state index contributed by atoms with van der Waals surface area (Å²) in [5.74, 6) is -0.701. The predicted molar refractivity (Wildman–Crippen MR) is 184 cm³/mol. The number of fused-ring (bicyclic) bond motifs is 1. The third-order valence-electron chi connectivity index (χ3n) is 7.25. The molecule has 0 bridgehead atoms. The first-order chi connectivity index (χ1) is 23.4. The Morgan fingerprint density at radius 3 is 2.08 bits per heavy atom. The predicted octanol–water partition coefficient (Wildman–Crippen LogP) is 7.48. The van der Waals surface area contributed by atoms with Crippen molar-refractivity contribution >= 4 is 46.9 Å². The number of ether oxygens (including phenoxy) is 2. The summed E-state index contributed by atoms with van der Waals surface area (Å²) >= 11 is 1.35. The van der Waals surface area contributed by atoms with Gasteiger partial charge in [0.05, 0.1) is 0 Å². The molecular weight excluding hydrogens is 629 g/mol. The van der Waals surface area contributed by atoms with Gasteiger partial charge in [-0.2, -0.15) is 0 Å². The molecule has 5 aromatic rings. The first-order valence-electron chi connectivity index (χ1n) is 15.1. The summed E-state index contributed by atoms with van der Waals surface area (Å²) in [6.45, 7) is 0.916. The van der Waals surface area contributed by atoms with Gasteiger partial charge in [-0.25, -0.2) is 4.39 Å². The van der Waals surface area contributed by atoms with Crippen molar-refractivity contribution in [2.24, 2.45) is 0 Å². The Hall–Kier alpha value is -5.87. The lowest BCUT2D eigenvalue weighted by molar-refractivity contribution is -0.116. The molecule has 10 heteroatoms. The minimum Gasteiger partial charge on any atom is -0.486 e. The van der Waals surface area contributed by atoms with Crippen LogP contribution in [0.25, 0.3) is 6.08 Å². The fourth-order valence-corrected chi connectivity index (χ4v) is 5.90. The molecule has 0 saturated heterocycles. The van der Waals surface area contributed by atoms with E-state index in [1.165, 1.54) is 30.0 Å². The Labute approximate surface area is 281 Å². The van der Waals surface area contributed by atoms with Gasteiger partial charge < -0.3 is 25.4 Å². The van der Waals surface area contributed by atoms with Crippen LogP contribution in [0.2, 0.25) is 0 Å². The first kappa shape index (κ1) is 32.1. The molecule has 5 aromatic carbocycles. The van der Waals surface area contributed by atoms with Crippen molar-refractivity contribution in [3.05, 3.63) is 156 Å². The summed E-state index contributed by atoms with van der Waals surface area (Å²) in [6.07, 6.45) is 1.29. The number of nitrogens with one attached hydrogen (secondary N) is 3. The van der Waals surface area contributed by atoms with E-state index in [1.54, 1.807) is 84.9 Å². The highest BCUT2D eigenvalue weighted by atomic mass is 32.2. The molecule has 1 atom stereocenters. The van der Waals surface area contributed by atoms with Crippen molar-refractivity contribution in [2.45, 2.75) is 10.1 Å². The Kier molecular flexibility index (Phi) is 10.1. The molecule has 48 heavy (non-hydrogen) atoms. The van der Waals surface area contributed by atoms with Crippen LogP contribution in [0.1, 0.15) is 26.7 Å². The van der Waals surface area contributed by atoms with Gasteiger partial charge in [0.1, 0.15) is 30.0 Å². The van der Waals surface area contributed by atoms with Crippen LogP contribution in [0.5, 0.6) is 11.5 Å². The van der Waals surface area contributed by atoms with Crippen molar-refractivity contribution < 1.29 is 28.2 Å². The van der Waals surface area contributed by atoms with Gasteiger partial charge in [-0.1, -0.05) is 66.7 Å². The van der Waals surface area contributed by atoms with Crippen LogP contribution < -0.4 is 25.4 Å². The van der Waals surface area contributed by atoms with Crippen molar-refractivity contribution in [2.75, 3.05) is 23.8 Å². The van der Waals surface area contributed by atoms with Gasteiger partial charge in [-0.05, 0) is 66.2 Å². The number of hydrogen-bond donors (Lipinski definition) is 3. The fourth-order valence-electron chi connectivity index (χ4n) is 4.87. The third kappa shape index (κ3) is 8.09. The molecule has 0 saturated carbocycles. The molecule has 6 rings (SSSR count). The third-order valence-corrected chi connectivity index (χ3v) is 8.52. The molecule has 0 aliphatic carbocycles. The van der Waals surface area contributed by atoms with Gasteiger partial charge >= 0.3 is 0 Å². The van der Waals surface area contributed by atoms with E-state index in [1.807, 2.05) is 30.3 Å². The van der Waals surface area contributed by atoms with E-state index in [9.17, 15) is 18.8 Å². The summed E-state index contributed by atoms with van der Waals surface area (Å²) in [6, 6.07) is 36.1.